The summed E-state index contributed by atoms with van der Waals surface area (Å²) in [6.45, 7) is 4.28. The minimum absolute atomic E-state index is 0.0177. The van der Waals surface area contributed by atoms with Gasteiger partial charge in [0, 0.05) is 34.7 Å². The summed E-state index contributed by atoms with van der Waals surface area (Å²) in [4.78, 5) is 28.9. The number of thiazole rings is 1. The van der Waals surface area contributed by atoms with E-state index in [-0.39, 0.29) is 29.1 Å². The Morgan fingerprint density at radius 3 is 2.40 bits per heavy atom. The molecule has 0 aliphatic rings. The van der Waals surface area contributed by atoms with Crippen LogP contribution in [-0.2, 0) is 6.54 Å². The average Bonchev–Trinajstić information content (AvgIpc) is 3.15. The Kier molecular flexibility index (Phi) is 6.41. The Morgan fingerprint density at radius 2 is 1.80 bits per heavy atom. The van der Waals surface area contributed by atoms with Crippen LogP contribution in [0.4, 0.5) is 14.5 Å². The summed E-state index contributed by atoms with van der Waals surface area (Å²) in [5.74, 6) is -3.07. The van der Waals surface area contributed by atoms with Crippen molar-refractivity contribution in [3.8, 4) is 5.75 Å². The Labute approximate surface area is 175 Å². The number of hydrogen-bond acceptors (Lipinski definition) is 5. The van der Waals surface area contributed by atoms with Crippen LogP contribution in [0.3, 0.4) is 0 Å². The van der Waals surface area contributed by atoms with Crippen molar-refractivity contribution in [2.24, 2.45) is 0 Å². The topological polar surface area (TPSA) is 91.3 Å². The van der Waals surface area contributed by atoms with Gasteiger partial charge >= 0.3 is 0 Å². The summed E-state index contributed by atoms with van der Waals surface area (Å²) >= 11 is 1.52. The number of phenolic OH excluding ortho intramolecular Hbond substituents is 1. The first-order valence-corrected chi connectivity index (χ1v) is 9.94. The number of carbonyl (C=O) groups is 2. The van der Waals surface area contributed by atoms with E-state index in [1.54, 1.807) is 0 Å². The zero-order chi connectivity index (χ0) is 21.8. The van der Waals surface area contributed by atoms with E-state index in [0.29, 0.717) is 12.0 Å². The fraction of sp³-hybridized carbons (Fsp3) is 0.190. The summed E-state index contributed by atoms with van der Waals surface area (Å²) < 4.78 is 26.5. The molecule has 0 unspecified atom stereocenters. The number of benzene rings is 2. The van der Waals surface area contributed by atoms with Gasteiger partial charge in [0.05, 0.1) is 22.8 Å². The number of phenols is 1. The summed E-state index contributed by atoms with van der Waals surface area (Å²) in [5.41, 5.74) is 0.699. The highest BCUT2D eigenvalue weighted by atomic mass is 32.1. The molecule has 2 aromatic carbocycles. The van der Waals surface area contributed by atoms with E-state index in [1.807, 2.05) is 19.2 Å². The van der Waals surface area contributed by atoms with Gasteiger partial charge in [0.1, 0.15) is 17.4 Å². The van der Waals surface area contributed by atoms with E-state index < -0.39 is 23.4 Å². The molecule has 0 aliphatic heterocycles. The molecule has 0 bridgehead atoms. The zero-order valence-corrected chi connectivity index (χ0v) is 17.0. The minimum Gasteiger partial charge on any atom is -0.507 e. The van der Waals surface area contributed by atoms with Crippen LogP contribution in [0, 0.1) is 11.6 Å². The smallest absolute Gasteiger partial charge is 0.255 e. The number of halogens is 2. The third-order valence-corrected chi connectivity index (χ3v) is 5.31. The van der Waals surface area contributed by atoms with Gasteiger partial charge in [-0.2, -0.15) is 0 Å². The van der Waals surface area contributed by atoms with Gasteiger partial charge in [-0.15, -0.1) is 11.3 Å². The molecule has 30 heavy (non-hydrogen) atoms. The van der Waals surface area contributed by atoms with E-state index in [0.717, 1.165) is 22.8 Å². The van der Waals surface area contributed by atoms with E-state index in [4.69, 9.17) is 0 Å². The van der Waals surface area contributed by atoms with E-state index in [1.165, 1.54) is 29.5 Å². The molecular weight excluding hydrogens is 412 g/mol. The lowest BCUT2D eigenvalue weighted by Crippen LogP contribution is -2.23. The Morgan fingerprint density at radius 1 is 1.10 bits per heavy atom. The highest BCUT2D eigenvalue weighted by Crippen LogP contribution is 2.23. The van der Waals surface area contributed by atoms with Crippen LogP contribution in [-0.4, -0.2) is 21.9 Å². The molecule has 1 heterocycles. The summed E-state index contributed by atoms with van der Waals surface area (Å²) in [7, 11) is 0. The predicted octanol–water partition coefficient (Wildman–Crippen LogP) is 4.43. The van der Waals surface area contributed by atoms with Crippen molar-refractivity contribution in [2.45, 2.75) is 26.3 Å². The van der Waals surface area contributed by atoms with Gasteiger partial charge in [0.15, 0.2) is 0 Å². The molecule has 0 radical (unpaired) electrons. The number of anilines is 1. The highest BCUT2D eigenvalue weighted by molar-refractivity contribution is 7.09. The fourth-order valence-electron chi connectivity index (χ4n) is 2.62. The first-order valence-electron chi connectivity index (χ1n) is 9.06. The molecule has 1 aromatic heterocycles. The molecule has 3 rings (SSSR count). The molecule has 0 saturated heterocycles. The molecule has 0 spiro atoms. The van der Waals surface area contributed by atoms with Crippen LogP contribution in [0.25, 0.3) is 0 Å². The van der Waals surface area contributed by atoms with Crippen molar-refractivity contribution >= 4 is 28.8 Å². The zero-order valence-electron chi connectivity index (χ0n) is 16.2. The summed E-state index contributed by atoms with van der Waals surface area (Å²) in [6.07, 6.45) is 0. The lowest BCUT2D eigenvalue weighted by Gasteiger charge is -2.09. The standard InChI is InChI=1S/C21H19F2N3O3S/c1-11(2)21-26-16(10-30-21)9-24-20(29)17-4-3-15(8-18(17)27)25-19(28)12-5-13(22)7-14(23)6-12/h3-8,10-11,27H,9H2,1-2H3,(H,24,29)(H,25,28). The quantitative estimate of drug-likeness (QED) is 0.538. The number of aromatic hydroxyl groups is 1. The van der Waals surface area contributed by atoms with Crippen LogP contribution in [0.15, 0.2) is 41.8 Å². The van der Waals surface area contributed by atoms with Gasteiger partial charge in [-0.25, -0.2) is 13.8 Å². The normalized spacial score (nSPS) is 10.8. The van der Waals surface area contributed by atoms with Crippen LogP contribution in [0.2, 0.25) is 0 Å². The number of hydrogen-bond donors (Lipinski definition) is 3. The van der Waals surface area contributed by atoms with Crippen LogP contribution in [0.1, 0.15) is 51.2 Å². The SMILES string of the molecule is CC(C)c1nc(CNC(=O)c2ccc(NC(=O)c3cc(F)cc(F)c3)cc2O)cs1. The molecule has 3 N–H and O–H groups in total. The predicted molar refractivity (Wildman–Crippen MR) is 110 cm³/mol. The van der Waals surface area contributed by atoms with E-state index in [2.05, 4.69) is 15.6 Å². The molecule has 156 valence electrons. The molecule has 3 aromatic rings. The van der Waals surface area contributed by atoms with Crippen molar-refractivity contribution in [2.75, 3.05) is 5.32 Å². The molecule has 0 fully saturated rings. The average molecular weight is 431 g/mol. The number of nitrogens with zero attached hydrogens (tertiary/aromatic N) is 1. The Balaban J connectivity index is 1.65. The second-order valence-corrected chi connectivity index (χ2v) is 7.75. The van der Waals surface area contributed by atoms with Gasteiger partial charge in [-0.1, -0.05) is 13.8 Å². The Hall–Kier alpha value is -3.33. The number of amides is 2. The van der Waals surface area contributed by atoms with E-state index in [9.17, 15) is 23.5 Å². The first kappa shape index (κ1) is 21.4. The van der Waals surface area contributed by atoms with Crippen molar-refractivity contribution < 1.29 is 23.5 Å². The van der Waals surface area contributed by atoms with Crippen LogP contribution >= 0.6 is 11.3 Å². The largest absolute Gasteiger partial charge is 0.507 e. The Bertz CT molecular complexity index is 1080. The van der Waals surface area contributed by atoms with Crippen LogP contribution < -0.4 is 10.6 Å². The van der Waals surface area contributed by atoms with Gasteiger partial charge in [-0.3, -0.25) is 9.59 Å². The molecular formula is C21H19F2N3O3S. The number of rotatable bonds is 6. The summed E-state index contributed by atoms with van der Waals surface area (Å²) in [5, 5.41) is 18.1. The maximum atomic E-state index is 13.3. The number of carbonyl (C=O) groups excluding carboxylic acids is 2. The fourth-order valence-corrected chi connectivity index (χ4v) is 3.46. The monoisotopic (exact) mass is 431 g/mol. The third-order valence-electron chi connectivity index (χ3n) is 4.12. The lowest BCUT2D eigenvalue weighted by atomic mass is 10.1. The molecule has 0 aliphatic carbocycles. The van der Waals surface area contributed by atoms with Crippen molar-refractivity contribution in [1.82, 2.24) is 10.3 Å². The van der Waals surface area contributed by atoms with Gasteiger partial charge < -0.3 is 15.7 Å². The second kappa shape index (κ2) is 9.00. The lowest BCUT2D eigenvalue weighted by molar-refractivity contribution is 0.0947. The second-order valence-electron chi connectivity index (χ2n) is 6.86. The van der Waals surface area contributed by atoms with Crippen LogP contribution in [0.5, 0.6) is 5.75 Å². The maximum absolute atomic E-state index is 13.3. The molecule has 9 heteroatoms. The highest BCUT2D eigenvalue weighted by Gasteiger charge is 2.15. The number of aromatic nitrogens is 1. The minimum atomic E-state index is -0.879. The van der Waals surface area contributed by atoms with Gasteiger partial charge in [-0.05, 0) is 24.3 Å². The molecule has 0 atom stereocenters. The molecule has 2 amide bonds. The molecule has 6 nitrogen and oxygen atoms in total. The third kappa shape index (κ3) is 5.18. The van der Waals surface area contributed by atoms with Crippen molar-refractivity contribution in [1.29, 1.82) is 0 Å². The van der Waals surface area contributed by atoms with Gasteiger partial charge in [0.25, 0.3) is 11.8 Å². The maximum Gasteiger partial charge on any atom is 0.255 e. The first-order chi connectivity index (χ1) is 14.2. The van der Waals surface area contributed by atoms with E-state index >= 15 is 0 Å². The van der Waals surface area contributed by atoms with Crippen molar-refractivity contribution in [3.63, 3.8) is 0 Å². The number of nitrogens with one attached hydrogen (secondary N) is 2. The summed E-state index contributed by atoms with van der Waals surface area (Å²) in [6, 6.07) is 6.37. The van der Waals surface area contributed by atoms with Gasteiger partial charge in [0.2, 0.25) is 0 Å². The van der Waals surface area contributed by atoms with Crippen molar-refractivity contribution in [3.05, 3.63) is 75.2 Å². The molecule has 0 saturated carbocycles.